The fraction of sp³-hybridized carbons (Fsp3) is 1.00. The molecule has 0 nitrogen and oxygen atoms in total. The van der Waals surface area contributed by atoms with Gasteiger partial charge in [0.15, 0.2) is 0 Å². The summed E-state index contributed by atoms with van der Waals surface area (Å²) in [5, 5.41) is 0. The second-order valence-corrected chi connectivity index (χ2v) is 5.54. The predicted molar refractivity (Wildman–Crippen MR) is 62.3 cm³/mol. The minimum Gasteiger partial charge on any atom is -0.0654 e. The summed E-state index contributed by atoms with van der Waals surface area (Å²) in [7, 11) is 0. The maximum atomic E-state index is 2.32. The van der Waals surface area contributed by atoms with Crippen LogP contribution in [0, 0.1) is 17.8 Å². The summed E-state index contributed by atoms with van der Waals surface area (Å²) in [5.41, 5.74) is 0. The Labute approximate surface area is 89.5 Å². The van der Waals surface area contributed by atoms with E-state index in [4.69, 9.17) is 0 Å². The van der Waals surface area contributed by atoms with Crippen LogP contribution in [0.2, 0.25) is 0 Å². The molecule has 0 amide bonds. The van der Waals surface area contributed by atoms with Crippen LogP contribution in [0.1, 0.15) is 71.1 Å². The van der Waals surface area contributed by atoms with Crippen molar-refractivity contribution >= 4 is 0 Å². The van der Waals surface area contributed by atoms with Gasteiger partial charge in [0.2, 0.25) is 0 Å². The number of fused-ring (bicyclic) bond motifs is 1. The standard InChI is InChI=1S/C14H26/c1-2-3-4-7-12-10-11-13-8-5-6-9-14(12)13/h12-14H,2-11H2,1H3/t12-,13+,14-/m0/s1. The third-order valence-corrected chi connectivity index (χ3v) is 4.66. The molecule has 0 bridgehead atoms. The highest BCUT2D eigenvalue weighted by Gasteiger charge is 2.36. The molecule has 2 saturated carbocycles. The summed E-state index contributed by atoms with van der Waals surface area (Å²) in [6.07, 6.45) is 15.2. The molecule has 2 rings (SSSR count). The summed E-state index contributed by atoms with van der Waals surface area (Å²) >= 11 is 0. The average Bonchev–Trinajstić information content (AvgIpc) is 2.63. The number of hydrogen-bond acceptors (Lipinski definition) is 0. The lowest BCUT2D eigenvalue weighted by molar-refractivity contribution is 0.218. The Bertz CT molecular complexity index is 161. The van der Waals surface area contributed by atoms with E-state index in [1.807, 2.05) is 0 Å². The van der Waals surface area contributed by atoms with Crippen LogP contribution < -0.4 is 0 Å². The molecular weight excluding hydrogens is 168 g/mol. The lowest BCUT2D eigenvalue weighted by atomic mass is 9.77. The van der Waals surface area contributed by atoms with E-state index in [0.717, 1.165) is 17.8 Å². The Hall–Kier alpha value is 0. The van der Waals surface area contributed by atoms with Gasteiger partial charge in [0.05, 0.1) is 0 Å². The first-order valence-electron chi connectivity index (χ1n) is 6.92. The van der Waals surface area contributed by atoms with Crippen LogP contribution in [0.4, 0.5) is 0 Å². The molecule has 14 heavy (non-hydrogen) atoms. The highest BCUT2D eigenvalue weighted by molar-refractivity contribution is 4.87. The largest absolute Gasteiger partial charge is 0.0654 e. The molecule has 0 aliphatic heterocycles. The zero-order valence-electron chi connectivity index (χ0n) is 9.80. The molecule has 0 spiro atoms. The van der Waals surface area contributed by atoms with Gasteiger partial charge in [-0.05, 0) is 37.0 Å². The first kappa shape index (κ1) is 10.5. The second kappa shape index (κ2) is 5.19. The molecule has 2 fully saturated rings. The van der Waals surface area contributed by atoms with E-state index in [0.29, 0.717) is 0 Å². The first-order valence-corrected chi connectivity index (χ1v) is 6.92. The van der Waals surface area contributed by atoms with Crippen molar-refractivity contribution in [3.8, 4) is 0 Å². The second-order valence-electron chi connectivity index (χ2n) is 5.54. The van der Waals surface area contributed by atoms with E-state index < -0.39 is 0 Å². The zero-order valence-corrected chi connectivity index (χ0v) is 9.80. The molecule has 82 valence electrons. The predicted octanol–water partition coefficient (Wildman–Crippen LogP) is 4.78. The minimum atomic E-state index is 1.13. The third-order valence-electron chi connectivity index (χ3n) is 4.66. The monoisotopic (exact) mass is 194 g/mol. The van der Waals surface area contributed by atoms with Crippen LogP contribution >= 0.6 is 0 Å². The van der Waals surface area contributed by atoms with Gasteiger partial charge in [0, 0.05) is 0 Å². The van der Waals surface area contributed by atoms with Crippen molar-refractivity contribution in [1.29, 1.82) is 0 Å². The number of hydrogen-bond donors (Lipinski definition) is 0. The fourth-order valence-corrected chi connectivity index (χ4v) is 3.87. The van der Waals surface area contributed by atoms with Gasteiger partial charge >= 0.3 is 0 Å². The molecule has 0 saturated heterocycles. The highest BCUT2D eigenvalue weighted by atomic mass is 14.4. The van der Waals surface area contributed by atoms with Crippen LogP contribution in [-0.2, 0) is 0 Å². The topological polar surface area (TPSA) is 0 Å². The van der Waals surface area contributed by atoms with Gasteiger partial charge in [-0.15, -0.1) is 0 Å². The van der Waals surface area contributed by atoms with Crippen molar-refractivity contribution in [3.05, 3.63) is 0 Å². The Morgan fingerprint density at radius 3 is 2.64 bits per heavy atom. The van der Waals surface area contributed by atoms with Crippen LogP contribution in [-0.4, -0.2) is 0 Å². The van der Waals surface area contributed by atoms with E-state index in [1.165, 1.54) is 32.1 Å². The fourth-order valence-electron chi connectivity index (χ4n) is 3.87. The Morgan fingerprint density at radius 1 is 0.929 bits per heavy atom. The molecule has 2 aliphatic carbocycles. The zero-order chi connectivity index (χ0) is 9.80. The summed E-state index contributed by atoms with van der Waals surface area (Å²) in [6.45, 7) is 2.32. The Balaban J connectivity index is 1.76. The van der Waals surface area contributed by atoms with Crippen LogP contribution in [0.3, 0.4) is 0 Å². The summed E-state index contributed by atoms with van der Waals surface area (Å²) < 4.78 is 0. The minimum absolute atomic E-state index is 1.13. The van der Waals surface area contributed by atoms with Crippen molar-refractivity contribution in [2.24, 2.45) is 17.8 Å². The molecule has 0 unspecified atom stereocenters. The molecule has 2 aliphatic rings. The van der Waals surface area contributed by atoms with Gasteiger partial charge in [0.25, 0.3) is 0 Å². The lowest BCUT2D eigenvalue weighted by Gasteiger charge is -2.29. The van der Waals surface area contributed by atoms with E-state index in [2.05, 4.69) is 6.92 Å². The number of unbranched alkanes of at least 4 members (excludes halogenated alkanes) is 2. The maximum Gasteiger partial charge on any atom is -0.0357 e. The normalized spacial score (nSPS) is 37.1. The molecule has 3 atom stereocenters. The van der Waals surface area contributed by atoms with Crippen molar-refractivity contribution in [1.82, 2.24) is 0 Å². The van der Waals surface area contributed by atoms with Gasteiger partial charge in [-0.3, -0.25) is 0 Å². The van der Waals surface area contributed by atoms with Gasteiger partial charge in [0.1, 0.15) is 0 Å². The van der Waals surface area contributed by atoms with Gasteiger partial charge < -0.3 is 0 Å². The maximum absolute atomic E-state index is 2.32. The molecule has 0 radical (unpaired) electrons. The molecule has 0 N–H and O–H groups in total. The summed E-state index contributed by atoms with van der Waals surface area (Å²) in [4.78, 5) is 0. The van der Waals surface area contributed by atoms with Crippen molar-refractivity contribution < 1.29 is 0 Å². The summed E-state index contributed by atoms with van der Waals surface area (Å²) in [5.74, 6) is 3.43. The quantitative estimate of drug-likeness (QED) is 0.565. The Kier molecular flexibility index (Phi) is 3.89. The highest BCUT2D eigenvalue weighted by Crippen LogP contribution is 2.47. The number of rotatable bonds is 4. The molecule has 0 aromatic carbocycles. The van der Waals surface area contributed by atoms with E-state index >= 15 is 0 Å². The van der Waals surface area contributed by atoms with Crippen LogP contribution in [0.5, 0.6) is 0 Å². The van der Waals surface area contributed by atoms with Crippen molar-refractivity contribution in [3.63, 3.8) is 0 Å². The molecule has 0 heterocycles. The van der Waals surface area contributed by atoms with E-state index in [1.54, 1.807) is 32.1 Å². The Morgan fingerprint density at radius 2 is 1.79 bits per heavy atom. The molecule has 0 heteroatoms. The summed E-state index contributed by atoms with van der Waals surface area (Å²) in [6, 6.07) is 0. The van der Waals surface area contributed by atoms with Crippen molar-refractivity contribution in [2.75, 3.05) is 0 Å². The van der Waals surface area contributed by atoms with Gasteiger partial charge in [-0.2, -0.15) is 0 Å². The van der Waals surface area contributed by atoms with Gasteiger partial charge in [-0.1, -0.05) is 51.9 Å². The molecule has 0 aromatic heterocycles. The van der Waals surface area contributed by atoms with Gasteiger partial charge in [-0.25, -0.2) is 0 Å². The van der Waals surface area contributed by atoms with Crippen molar-refractivity contribution in [2.45, 2.75) is 71.1 Å². The SMILES string of the molecule is CCCCC[C@H]1CC[C@H]2CCCC[C@H]21. The first-order chi connectivity index (χ1) is 6.92. The van der Waals surface area contributed by atoms with E-state index in [9.17, 15) is 0 Å². The van der Waals surface area contributed by atoms with E-state index in [-0.39, 0.29) is 0 Å². The molecule has 0 aromatic rings. The smallest absolute Gasteiger partial charge is 0.0357 e. The molecular formula is C14H26. The van der Waals surface area contributed by atoms with Crippen LogP contribution in [0.25, 0.3) is 0 Å². The average molecular weight is 194 g/mol. The van der Waals surface area contributed by atoms with Crippen LogP contribution in [0.15, 0.2) is 0 Å². The third kappa shape index (κ3) is 2.32. The lowest BCUT2D eigenvalue weighted by Crippen LogP contribution is -2.19.